The van der Waals surface area contributed by atoms with Crippen molar-refractivity contribution >= 4 is 17.4 Å². The molecular weight excluding hydrogens is 185 g/mol. The molecule has 0 radical (unpaired) electrons. The third kappa shape index (κ3) is 3.27. The molecule has 1 aromatic rings. The summed E-state index contributed by atoms with van der Waals surface area (Å²) in [5.41, 5.74) is 6.18. The van der Waals surface area contributed by atoms with Gasteiger partial charge in [-0.3, -0.25) is 0 Å². The minimum atomic E-state index is -0.272. The molecule has 0 heterocycles. The molecule has 0 aromatic heterocycles. The second kappa shape index (κ2) is 4.51. The van der Waals surface area contributed by atoms with E-state index in [-0.39, 0.29) is 5.82 Å². The van der Waals surface area contributed by atoms with Crippen LogP contribution in [0.2, 0.25) is 0 Å². The van der Waals surface area contributed by atoms with Gasteiger partial charge in [0, 0.05) is 16.3 Å². The number of thioether (sulfide) groups is 1. The molecule has 0 saturated carbocycles. The quantitative estimate of drug-likeness (QED) is 0.597. The second-order valence-corrected chi connectivity index (χ2v) is 4.45. The highest BCUT2D eigenvalue weighted by atomic mass is 32.2. The Hall–Kier alpha value is -0.700. The van der Waals surface area contributed by atoms with Gasteiger partial charge in [0.1, 0.15) is 5.82 Å². The first-order chi connectivity index (χ1) is 6.09. The Labute approximate surface area is 82.5 Å². The Balaban J connectivity index is 2.67. The van der Waals surface area contributed by atoms with Crippen LogP contribution in [0.1, 0.15) is 13.8 Å². The summed E-state index contributed by atoms with van der Waals surface area (Å²) in [5, 5.41) is 0. The lowest BCUT2D eigenvalue weighted by Gasteiger charge is -2.06. The molecule has 0 bridgehead atoms. The summed E-state index contributed by atoms with van der Waals surface area (Å²) in [7, 11) is 0. The number of halogens is 1. The molecule has 1 nitrogen and oxygen atoms in total. The van der Waals surface area contributed by atoms with Crippen molar-refractivity contribution in [1.82, 2.24) is 0 Å². The van der Waals surface area contributed by atoms with Gasteiger partial charge >= 0.3 is 0 Å². The number of nitrogen functional groups attached to an aromatic ring is 1. The maximum atomic E-state index is 12.7. The van der Waals surface area contributed by atoms with Crippen LogP contribution in [0.4, 0.5) is 10.1 Å². The summed E-state index contributed by atoms with van der Waals surface area (Å²) >= 11 is 1.67. The minimum absolute atomic E-state index is 0.272. The fourth-order valence-corrected chi connectivity index (χ4v) is 1.81. The lowest BCUT2D eigenvalue weighted by atomic mass is 10.3. The van der Waals surface area contributed by atoms with Gasteiger partial charge in [-0.1, -0.05) is 13.8 Å². The molecule has 0 saturated heterocycles. The van der Waals surface area contributed by atoms with Crippen LogP contribution in [0.5, 0.6) is 0 Å². The van der Waals surface area contributed by atoms with E-state index in [0.29, 0.717) is 11.6 Å². The predicted octanol–water partition coefficient (Wildman–Crippen LogP) is 3.16. The highest BCUT2D eigenvalue weighted by Gasteiger charge is 2.02. The van der Waals surface area contributed by atoms with Crippen LogP contribution in [0.25, 0.3) is 0 Å². The fourth-order valence-electron chi connectivity index (χ4n) is 0.907. The van der Waals surface area contributed by atoms with Gasteiger partial charge in [0.25, 0.3) is 0 Å². The predicted molar refractivity (Wildman–Crippen MR) is 56.4 cm³/mol. The number of hydrogen-bond donors (Lipinski definition) is 1. The summed E-state index contributed by atoms with van der Waals surface area (Å²) in [6.45, 7) is 4.29. The molecule has 72 valence electrons. The molecule has 0 spiro atoms. The van der Waals surface area contributed by atoms with Crippen LogP contribution in [0.15, 0.2) is 23.1 Å². The van der Waals surface area contributed by atoms with Crippen molar-refractivity contribution in [2.24, 2.45) is 5.92 Å². The van der Waals surface area contributed by atoms with Crippen molar-refractivity contribution in [2.75, 3.05) is 11.5 Å². The Morgan fingerprint density at radius 3 is 2.69 bits per heavy atom. The smallest absolute Gasteiger partial charge is 0.125 e. The zero-order valence-corrected chi connectivity index (χ0v) is 8.70. The van der Waals surface area contributed by atoms with E-state index in [4.69, 9.17) is 5.73 Å². The summed E-state index contributed by atoms with van der Waals surface area (Å²) < 4.78 is 12.7. The molecule has 0 aliphatic carbocycles. The molecular formula is C10H14FNS. The molecule has 13 heavy (non-hydrogen) atoms. The number of anilines is 1. The fraction of sp³-hybridized carbons (Fsp3) is 0.400. The van der Waals surface area contributed by atoms with Gasteiger partial charge in [0.05, 0.1) is 0 Å². The third-order valence-corrected chi connectivity index (χ3v) is 3.06. The molecule has 1 rings (SSSR count). The molecule has 0 atom stereocenters. The number of benzene rings is 1. The van der Waals surface area contributed by atoms with Crippen molar-refractivity contribution in [2.45, 2.75) is 18.7 Å². The first-order valence-corrected chi connectivity index (χ1v) is 5.26. The monoisotopic (exact) mass is 199 g/mol. The van der Waals surface area contributed by atoms with Gasteiger partial charge in [-0.2, -0.15) is 0 Å². The molecule has 0 amide bonds. The normalized spacial score (nSPS) is 10.8. The molecule has 1 aromatic carbocycles. The Kier molecular flexibility index (Phi) is 3.60. The zero-order chi connectivity index (χ0) is 9.84. The van der Waals surface area contributed by atoms with E-state index in [1.54, 1.807) is 17.8 Å². The van der Waals surface area contributed by atoms with Crippen LogP contribution in [0.3, 0.4) is 0 Å². The average Bonchev–Trinajstić information content (AvgIpc) is 2.02. The van der Waals surface area contributed by atoms with Crippen LogP contribution < -0.4 is 5.73 Å². The van der Waals surface area contributed by atoms with Crippen molar-refractivity contribution in [3.63, 3.8) is 0 Å². The van der Waals surface area contributed by atoms with E-state index < -0.39 is 0 Å². The summed E-state index contributed by atoms with van der Waals surface area (Å²) in [4.78, 5) is 0.968. The SMILES string of the molecule is CC(C)CSc1ccc(F)cc1N. The topological polar surface area (TPSA) is 26.0 Å². The highest BCUT2D eigenvalue weighted by Crippen LogP contribution is 2.26. The third-order valence-electron chi connectivity index (χ3n) is 1.54. The zero-order valence-electron chi connectivity index (χ0n) is 7.88. The lowest BCUT2D eigenvalue weighted by molar-refractivity contribution is 0.627. The first-order valence-electron chi connectivity index (χ1n) is 4.27. The second-order valence-electron chi connectivity index (χ2n) is 3.39. The standard InChI is InChI=1S/C10H14FNS/c1-7(2)6-13-10-4-3-8(11)5-9(10)12/h3-5,7H,6,12H2,1-2H3. The Morgan fingerprint density at radius 2 is 2.15 bits per heavy atom. The van der Waals surface area contributed by atoms with E-state index >= 15 is 0 Å². The highest BCUT2D eigenvalue weighted by molar-refractivity contribution is 7.99. The minimum Gasteiger partial charge on any atom is -0.398 e. The molecule has 3 heteroatoms. The van der Waals surface area contributed by atoms with E-state index in [2.05, 4.69) is 13.8 Å². The van der Waals surface area contributed by atoms with Gasteiger partial charge in [0.15, 0.2) is 0 Å². The largest absolute Gasteiger partial charge is 0.398 e. The van der Waals surface area contributed by atoms with Crippen LogP contribution in [0, 0.1) is 11.7 Å². The maximum Gasteiger partial charge on any atom is 0.125 e. The Morgan fingerprint density at radius 1 is 1.46 bits per heavy atom. The van der Waals surface area contributed by atoms with E-state index in [9.17, 15) is 4.39 Å². The van der Waals surface area contributed by atoms with Gasteiger partial charge < -0.3 is 5.73 Å². The van der Waals surface area contributed by atoms with Gasteiger partial charge in [-0.05, 0) is 24.1 Å². The maximum absolute atomic E-state index is 12.7. The van der Waals surface area contributed by atoms with Gasteiger partial charge in [-0.15, -0.1) is 11.8 Å². The summed E-state index contributed by atoms with van der Waals surface area (Å²) in [6.07, 6.45) is 0. The van der Waals surface area contributed by atoms with Crippen LogP contribution >= 0.6 is 11.8 Å². The van der Waals surface area contributed by atoms with Crippen LogP contribution in [-0.2, 0) is 0 Å². The van der Waals surface area contributed by atoms with Crippen molar-refractivity contribution in [3.8, 4) is 0 Å². The molecule has 2 N–H and O–H groups in total. The summed E-state index contributed by atoms with van der Waals surface area (Å²) in [5.74, 6) is 1.36. The number of hydrogen-bond acceptors (Lipinski definition) is 2. The molecule has 0 aliphatic rings. The van der Waals surface area contributed by atoms with Crippen molar-refractivity contribution in [1.29, 1.82) is 0 Å². The molecule has 0 fully saturated rings. The lowest BCUT2D eigenvalue weighted by Crippen LogP contribution is -1.94. The average molecular weight is 199 g/mol. The van der Waals surface area contributed by atoms with E-state index in [0.717, 1.165) is 10.6 Å². The molecule has 0 aliphatic heterocycles. The van der Waals surface area contributed by atoms with Crippen LogP contribution in [-0.4, -0.2) is 5.75 Å². The summed E-state index contributed by atoms with van der Waals surface area (Å²) in [6, 6.07) is 4.54. The first kappa shape index (κ1) is 10.4. The van der Waals surface area contributed by atoms with Gasteiger partial charge in [0.2, 0.25) is 0 Å². The number of nitrogens with two attached hydrogens (primary N) is 1. The van der Waals surface area contributed by atoms with Gasteiger partial charge in [-0.25, -0.2) is 4.39 Å². The van der Waals surface area contributed by atoms with Crippen molar-refractivity contribution < 1.29 is 4.39 Å². The Bertz CT molecular complexity index is 286. The van der Waals surface area contributed by atoms with Crippen molar-refractivity contribution in [3.05, 3.63) is 24.0 Å². The molecule has 0 unspecified atom stereocenters. The number of rotatable bonds is 3. The van der Waals surface area contributed by atoms with E-state index in [1.807, 2.05) is 0 Å². The van der Waals surface area contributed by atoms with E-state index in [1.165, 1.54) is 12.1 Å².